The molecule has 2 atom stereocenters. The second-order valence-corrected chi connectivity index (χ2v) is 5.19. The highest BCUT2D eigenvalue weighted by Gasteiger charge is 2.29. The number of carbonyl (C=O) groups excluding carboxylic acids is 1. The highest BCUT2D eigenvalue weighted by Crippen LogP contribution is 2.21. The lowest BCUT2D eigenvalue weighted by molar-refractivity contribution is -0.159. The standard InChI is InChI=1S/C15H18FNO4/c1-10(11-2-4-12(16)5-3-11)8-14(18)17-6-7-21-13(9-17)15(19)20/h2-5,10,13H,6-9H2,1H3,(H,19,20). The molecule has 2 rings (SSSR count). The Hall–Kier alpha value is -1.95. The number of amides is 1. The molecule has 2 unspecified atom stereocenters. The van der Waals surface area contributed by atoms with Gasteiger partial charge in [-0.1, -0.05) is 19.1 Å². The number of carboxylic acids is 1. The van der Waals surface area contributed by atoms with Crippen LogP contribution in [0.15, 0.2) is 24.3 Å². The van der Waals surface area contributed by atoms with Crippen LogP contribution in [0, 0.1) is 5.82 Å². The van der Waals surface area contributed by atoms with E-state index in [4.69, 9.17) is 9.84 Å². The first kappa shape index (κ1) is 15.4. The minimum absolute atomic E-state index is 0.0516. The molecule has 0 spiro atoms. The summed E-state index contributed by atoms with van der Waals surface area (Å²) in [5.41, 5.74) is 0.882. The van der Waals surface area contributed by atoms with E-state index in [2.05, 4.69) is 0 Å². The molecule has 0 bridgehead atoms. The van der Waals surface area contributed by atoms with Gasteiger partial charge in [0, 0.05) is 13.0 Å². The van der Waals surface area contributed by atoms with E-state index in [9.17, 15) is 14.0 Å². The number of carboxylic acid groups (broad SMARTS) is 1. The largest absolute Gasteiger partial charge is 0.479 e. The van der Waals surface area contributed by atoms with E-state index in [1.807, 2.05) is 6.92 Å². The molecular weight excluding hydrogens is 277 g/mol. The fraction of sp³-hybridized carbons (Fsp3) is 0.467. The molecule has 1 N–H and O–H groups in total. The third-order valence-corrected chi connectivity index (χ3v) is 3.61. The van der Waals surface area contributed by atoms with Crippen LogP contribution < -0.4 is 0 Å². The van der Waals surface area contributed by atoms with Crippen molar-refractivity contribution in [2.75, 3.05) is 19.7 Å². The highest BCUT2D eigenvalue weighted by atomic mass is 19.1. The molecule has 0 radical (unpaired) electrons. The lowest BCUT2D eigenvalue weighted by Crippen LogP contribution is -2.48. The molecule has 1 heterocycles. The van der Waals surface area contributed by atoms with Crippen LogP contribution in [0.2, 0.25) is 0 Å². The topological polar surface area (TPSA) is 66.8 Å². The molecule has 1 aliphatic heterocycles. The summed E-state index contributed by atoms with van der Waals surface area (Å²) in [6.45, 7) is 2.59. The molecule has 6 heteroatoms. The third-order valence-electron chi connectivity index (χ3n) is 3.61. The molecular formula is C15H18FNO4. The first-order valence-electron chi connectivity index (χ1n) is 6.85. The van der Waals surface area contributed by atoms with Gasteiger partial charge in [0.25, 0.3) is 0 Å². The zero-order valence-corrected chi connectivity index (χ0v) is 11.8. The molecule has 1 aliphatic rings. The summed E-state index contributed by atoms with van der Waals surface area (Å²) in [6, 6.07) is 6.05. The monoisotopic (exact) mass is 295 g/mol. The number of rotatable bonds is 4. The number of hydrogen-bond acceptors (Lipinski definition) is 3. The first-order valence-corrected chi connectivity index (χ1v) is 6.85. The number of carbonyl (C=O) groups is 2. The van der Waals surface area contributed by atoms with Crippen LogP contribution in [0.4, 0.5) is 4.39 Å². The average Bonchev–Trinajstić information content (AvgIpc) is 2.48. The van der Waals surface area contributed by atoms with E-state index in [0.717, 1.165) is 5.56 Å². The SMILES string of the molecule is CC(CC(=O)N1CCOC(C(=O)O)C1)c1ccc(F)cc1. The van der Waals surface area contributed by atoms with Gasteiger partial charge in [-0.25, -0.2) is 9.18 Å². The molecule has 0 aliphatic carbocycles. The second kappa shape index (κ2) is 6.67. The molecule has 21 heavy (non-hydrogen) atoms. The Morgan fingerprint density at radius 1 is 1.43 bits per heavy atom. The zero-order valence-electron chi connectivity index (χ0n) is 11.8. The number of nitrogens with zero attached hydrogens (tertiary/aromatic N) is 1. The maximum Gasteiger partial charge on any atom is 0.334 e. The number of morpholine rings is 1. The Balaban J connectivity index is 1.94. The summed E-state index contributed by atoms with van der Waals surface area (Å²) >= 11 is 0. The fourth-order valence-corrected chi connectivity index (χ4v) is 2.33. The van der Waals surface area contributed by atoms with E-state index < -0.39 is 12.1 Å². The van der Waals surface area contributed by atoms with Crippen molar-refractivity contribution in [2.24, 2.45) is 0 Å². The van der Waals surface area contributed by atoms with Crippen molar-refractivity contribution in [3.63, 3.8) is 0 Å². The number of aliphatic carboxylic acids is 1. The van der Waals surface area contributed by atoms with Crippen molar-refractivity contribution < 1.29 is 23.8 Å². The van der Waals surface area contributed by atoms with Gasteiger partial charge in [0.05, 0.1) is 13.2 Å². The van der Waals surface area contributed by atoms with Gasteiger partial charge in [-0.2, -0.15) is 0 Å². The molecule has 1 aromatic carbocycles. The van der Waals surface area contributed by atoms with E-state index in [-0.39, 0.29) is 37.2 Å². The maximum absolute atomic E-state index is 12.9. The van der Waals surface area contributed by atoms with Crippen LogP contribution in [0.25, 0.3) is 0 Å². The number of hydrogen-bond donors (Lipinski definition) is 1. The smallest absolute Gasteiger partial charge is 0.334 e. The van der Waals surface area contributed by atoms with Gasteiger partial charge in [-0.3, -0.25) is 4.79 Å². The number of halogens is 1. The van der Waals surface area contributed by atoms with Crippen molar-refractivity contribution in [2.45, 2.75) is 25.4 Å². The summed E-state index contributed by atoms with van der Waals surface area (Å²) in [4.78, 5) is 24.6. The van der Waals surface area contributed by atoms with Gasteiger partial charge >= 0.3 is 5.97 Å². The van der Waals surface area contributed by atoms with Crippen LogP contribution >= 0.6 is 0 Å². The minimum Gasteiger partial charge on any atom is -0.479 e. The van der Waals surface area contributed by atoms with Gasteiger partial charge < -0.3 is 14.7 Å². The minimum atomic E-state index is -1.06. The zero-order chi connectivity index (χ0) is 15.4. The van der Waals surface area contributed by atoms with Crippen molar-refractivity contribution >= 4 is 11.9 Å². The number of benzene rings is 1. The van der Waals surface area contributed by atoms with Crippen molar-refractivity contribution in [1.29, 1.82) is 0 Å². The second-order valence-electron chi connectivity index (χ2n) is 5.19. The van der Waals surface area contributed by atoms with E-state index in [0.29, 0.717) is 6.54 Å². The van der Waals surface area contributed by atoms with Gasteiger partial charge in [0.1, 0.15) is 5.82 Å². The average molecular weight is 295 g/mol. The lowest BCUT2D eigenvalue weighted by Gasteiger charge is -2.31. The lowest BCUT2D eigenvalue weighted by atomic mass is 9.97. The molecule has 114 valence electrons. The van der Waals surface area contributed by atoms with Gasteiger partial charge in [-0.05, 0) is 23.6 Å². The van der Waals surface area contributed by atoms with Crippen LogP contribution in [0.5, 0.6) is 0 Å². The molecule has 5 nitrogen and oxygen atoms in total. The van der Waals surface area contributed by atoms with Crippen LogP contribution in [0.1, 0.15) is 24.8 Å². The highest BCUT2D eigenvalue weighted by molar-refractivity contribution is 5.79. The third kappa shape index (κ3) is 4.01. The Bertz CT molecular complexity index is 517. The number of ether oxygens (including phenoxy) is 1. The summed E-state index contributed by atoms with van der Waals surface area (Å²) in [5, 5.41) is 8.93. The Labute approximate surface area is 122 Å². The predicted molar refractivity (Wildman–Crippen MR) is 73.4 cm³/mol. The molecule has 1 aromatic rings. The summed E-state index contributed by atoms with van der Waals surface area (Å²) < 4.78 is 18.0. The van der Waals surface area contributed by atoms with E-state index >= 15 is 0 Å². The Kier molecular flexibility index (Phi) is 4.90. The molecule has 1 fully saturated rings. The van der Waals surface area contributed by atoms with Crippen LogP contribution in [-0.2, 0) is 14.3 Å². The molecule has 0 aromatic heterocycles. The van der Waals surface area contributed by atoms with Gasteiger partial charge in [0.2, 0.25) is 5.91 Å². The van der Waals surface area contributed by atoms with Gasteiger partial charge in [-0.15, -0.1) is 0 Å². The summed E-state index contributed by atoms with van der Waals surface area (Å²) in [7, 11) is 0. The Morgan fingerprint density at radius 2 is 2.10 bits per heavy atom. The normalized spacial score (nSPS) is 20.1. The van der Waals surface area contributed by atoms with E-state index in [1.54, 1.807) is 12.1 Å². The van der Waals surface area contributed by atoms with Crippen molar-refractivity contribution in [3.8, 4) is 0 Å². The fourth-order valence-electron chi connectivity index (χ4n) is 2.33. The van der Waals surface area contributed by atoms with E-state index in [1.165, 1.54) is 17.0 Å². The van der Waals surface area contributed by atoms with Crippen molar-refractivity contribution in [3.05, 3.63) is 35.6 Å². The van der Waals surface area contributed by atoms with Crippen molar-refractivity contribution in [1.82, 2.24) is 4.90 Å². The molecule has 1 amide bonds. The van der Waals surface area contributed by atoms with Gasteiger partial charge in [0.15, 0.2) is 6.10 Å². The predicted octanol–water partition coefficient (Wildman–Crippen LogP) is 1.63. The summed E-state index contributed by atoms with van der Waals surface area (Å²) in [6.07, 6.45) is -0.693. The maximum atomic E-state index is 12.9. The first-order chi connectivity index (χ1) is 9.97. The quantitative estimate of drug-likeness (QED) is 0.917. The molecule has 0 saturated carbocycles. The van der Waals surface area contributed by atoms with Crippen LogP contribution in [0.3, 0.4) is 0 Å². The molecule has 1 saturated heterocycles. The van der Waals surface area contributed by atoms with Crippen LogP contribution in [-0.4, -0.2) is 47.7 Å². The Morgan fingerprint density at radius 3 is 2.71 bits per heavy atom. The summed E-state index contributed by atoms with van der Waals surface area (Å²) in [5.74, 6) is -1.53.